The molecule has 11 nitrogen and oxygen atoms in total. The van der Waals surface area contributed by atoms with Crippen LogP contribution in [0.5, 0.6) is 0 Å². The SMILES string of the molecule is Nc1nn2cc(F)cnc2c1C(=O)NC1C(c2ccc(C(=O)N3CCN(C4COC4)CC3)cc2F)CCNC12C/C=C\CCCCCC2. The first-order valence-corrected chi connectivity index (χ1v) is 17.2. The molecule has 3 atom stereocenters. The Morgan fingerprint density at radius 1 is 1.06 bits per heavy atom. The van der Waals surface area contributed by atoms with Crippen molar-refractivity contribution in [3.05, 3.63) is 71.1 Å². The standard InChI is InChI=1S/C35H44F2N8O3/c36-24-19-39-32-29(31(38)42-45(32)20-24)33(46)41-30-27(10-13-40-35(30)11-6-4-2-1-3-5-7-12-35)26-9-8-23(18-28(26)37)34(47)44-16-14-43(15-17-44)25-21-48-22-25/h4,6,8-9,18-20,25,27,30,40H,1-3,5,7,10-17,21-22H2,(H2,38,42)(H,41,46)/b6-4-. The van der Waals surface area contributed by atoms with E-state index in [0.717, 1.165) is 81.7 Å². The molecule has 3 aromatic rings. The molecule has 0 radical (unpaired) electrons. The van der Waals surface area contributed by atoms with Crippen LogP contribution in [0.2, 0.25) is 0 Å². The highest BCUT2D eigenvalue weighted by molar-refractivity contribution is 6.04. The number of nitrogens with one attached hydrogen (secondary N) is 2. The molecule has 2 aromatic heterocycles. The van der Waals surface area contributed by atoms with Crippen LogP contribution in [0.3, 0.4) is 0 Å². The molecule has 1 aromatic carbocycles. The Morgan fingerprint density at radius 3 is 2.65 bits per heavy atom. The Bertz CT molecular complexity index is 1690. The maximum Gasteiger partial charge on any atom is 0.259 e. The monoisotopic (exact) mass is 662 g/mol. The number of hydrogen-bond acceptors (Lipinski definition) is 8. The number of rotatable bonds is 5. The number of amides is 2. The minimum absolute atomic E-state index is 0.0521. The summed E-state index contributed by atoms with van der Waals surface area (Å²) in [6.07, 6.45) is 13.8. The van der Waals surface area contributed by atoms with Crippen molar-refractivity contribution < 1.29 is 23.1 Å². The minimum Gasteiger partial charge on any atom is -0.381 e. The molecule has 5 heterocycles. The van der Waals surface area contributed by atoms with Crippen LogP contribution in [-0.2, 0) is 4.74 Å². The maximum atomic E-state index is 16.3. The second kappa shape index (κ2) is 13.9. The first-order chi connectivity index (χ1) is 23.3. The molecule has 0 bridgehead atoms. The molecule has 7 rings (SSSR count). The average Bonchev–Trinajstić information content (AvgIpc) is 3.39. The lowest BCUT2D eigenvalue weighted by Gasteiger charge is -2.49. The number of benzene rings is 1. The van der Waals surface area contributed by atoms with Gasteiger partial charge in [-0.3, -0.25) is 14.5 Å². The van der Waals surface area contributed by atoms with Crippen LogP contribution < -0.4 is 16.4 Å². The highest BCUT2D eigenvalue weighted by Crippen LogP contribution is 2.40. The lowest BCUT2D eigenvalue weighted by molar-refractivity contribution is -0.0746. The molecule has 4 aliphatic rings. The number of carbonyl (C=O) groups is 2. The summed E-state index contributed by atoms with van der Waals surface area (Å²) in [5.74, 6) is -2.21. The quantitative estimate of drug-likeness (QED) is 0.353. The highest BCUT2D eigenvalue weighted by atomic mass is 19.1. The fraction of sp³-hybridized carbons (Fsp3) is 0.543. The molecule has 3 unspecified atom stereocenters. The van der Waals surface area contributed by atoms with Gasteiger partial charge in [0.25, 0.3) is 11.8 Å². The van der Waals surface area contributed by atoms with Gasteiger partial charge in [-0.15, -0.1) is 5.10 Å². The van der Waals surface area contributed by atoms with Crippen LogP contribution in [0.15, 0.2) is 42.7 Å². The number of nitrogens with zero attached hydrogens (tertiary/aromatic N) is 5. The van der Waals surface area contributed by atoms with Crippen LogP contribution in [-0.4, -0.2) is 99.8 Å². The summed E-state index contributed by atoms with van der Waals surface area (Å²) in [5, 5.41) is 11.1. The number of aromatic nitrogens is 3. The Kier molecular flexibility index (Phi) is 9.43. The van der Waals surface area contributed by atoms with E-state index in [0.29, 0.717) is 49.6 Å². The number of anilines is 1. The van der Waals surface area contributed by atoms with E-state index in [4.69, 9.17) is 10.5 Å². The maximum absolute atomic E-state index is 16.3. The third-order valence-electron chi connectivity index (χ3n) is 10.7. The number of halogens is 2. The van der Waals surface area contributed by atoms with Gasteiger partial charge in [0.1, 0.15) is 11.4 Å². The summed E-state index contributed by atoms with van der Waals surface area (Å²) in [6, 6.07) is 4.68. The molecular weight excluding hydrogens is 618 g/mol. The first-order valence-electron chi connectivity index (χ1n) is 17.2. The zero-order chi connectivity index (χ0) is 33.3. The van der Waals surface area contributed by atoms with E-state index in [1.165, 1.54) is 6.07 Å². The second-order valence-electron chi connectivity index (χ2n) is 13.6. The molecule has 1 aliphatic carbocycles. The topological polar surface area (TPSA) is 130 Å². The number of carbonyl (C=O) groups excluding carboxylic acids is 2. The largest absolute Gasteiger partial charge is 0.381 e. The molecule has 2 amide bonds. The van der Waals surface area contributed by atoms with Gasteiger partial charge in [-0.25, -0.2) is 18.3 Å². The van der Waals surface area contributed by atoms with E-state index >= 15 is 4.39 Å². The van der Waals surface area contributed by atoms with E-state index in [2.05, 4.69) is 37.8 Å². The van der Waals surface area contributed by atoms with Crippen molar-refractivity contribution in [1.29, 1.82) is 0 Å². The summed E-state index contributed by atoms with van der Waals surface area (Å²) in [5.41, 5.74) is 6.60. The molecule has 3 saturated heterocycles. The molecule has 1 spiro atoms. The number of allylic oxidation sites excluding steroid dienone is 1. The Morgan fingerprint density at radius 2 is 1.88 bits per heavy atom. The molecule has 3 fully saturated rings. The van der Waals surface area contributed by atoms with Gasteiger partial charge < -0.3 is 26.0 Å². The third-order valence-corrected chi connectivity index (χ3v) is 10.7. The van der Waals surface area contributed by atoms with Gasteiger partial charge in [0.05, 0.1) is 37.7 Å². The summed E-state index contributed by atoms with van der Waals surface area (Å²) in [6.45, 7) is 4.83. The highest BCUT2D eigenvalue weighted by Gasteiger charge is 2.47. The van der Waals surface area contributed by atoms with Crippen molar-refractivity contribution in [3.8, 4) is 0 Å². The van der Waals surface area contributed by atoms with Crippen LogP contribution >= 0.6 is 0 Å². The van der Waals surface area contributed by atoms with Crippen LogP contribution in [0, 0.1) is 11.6 Å². The molecule has 13 heteroatoms. The van der Waals surface area contributed by atoms with Gasteiger partial charge >= 0.3 is 0 Å². The molecule has 4 N–H and O–H groups in total. The number of piperidine rings is 1. The molecule has 256 valence electrons. The van der Waals surface area contributed by atoms with Gasteiger partial charge in [0.15, 0.2) is 17.3 Å². The summed E-state index contributed by atoms with van der Waals surface area (Å²) < 4.78 is 36.7. The van der Waals surface area contributed by atoms with Crippen LogP contribution in [0.25, 0.3) is 5.65 Å². The Hall–Kier alpha value is -3.94. The number of fused-ring (bicyclic) bond motifs is 1. The predicted molar refractivity (Wildman–Crippen MR) is 177 cm³/mol. The van der Waals surface area contributed by atoms with Crippen molar-refractivity contribution in [1.82, 2.24) is 35.0 Å². The normalized spacial score (nSPS) is 26.7. The average molecular weight is 663 g/mol. The molecule has 3 aliphatic heterocycles. The van der Waals surface area contributed by atoms with E-state index in [-0.39, 0.29) is 22.9 Å². The summed E-state index contributed by atoms with van der Waals surface area (Å²) in [7, 11) is 0. The molecule has 0 saturated carbocycles. The van der Waals surface area contributed by atoms with E-state index in [9.17, 15) is 14.0 Å². The number of hydrogen-bond donors (Lipinski definition) is 3. The van der Waals surface area contributed by atoms with Gasteiger partial charge in [-0.05, 0) is 56.3 Å². The summed E-state index contributed by atoms with van der Waals surface area (Å²) in [4.78, 5) is 35.8. The molecule has 48 heavy (non-hydrogen) atoms. The smallest absolute Gasteiger partial charge is 0.259 e. The van der Waals surface area contributed by atoms with E-state index in [1.807, 2.05) is 0 Å². The first kappa shape index (κ1) is 32.6. The van der Waals surface area contributed by atoms with Crippen LogP contribution in [0.4, 0.5) is 14.6 Å². The number of piperazine rings is 1. The van der Waals surface area contributed by atoms with E-state index < -0.39 is 35.0 Å². The fourth-order valence-corrected chi connectivity index (χ4v) is 7.95. The van der Waals surface area contributed by atoms with Crippen molar-refractivity contribution in [3.63, 3.8) is 0 Å². The third kappa shape index (κ3) is 6.42. The minimum atomic E-state index is -0.607. The number of ether oxygens (including phenoxy) is 1. The van der Waals surface area contributed by atoms with Crippen molar-refractivity contribution in [2.45, 2.75) is 74.9 Å². The van der Waals surface area contributed by atoms with Crippen molar-refractivity contribution in [2.24, 2.45) is 0 Å². The van der Waals surface area contributed by atoms with Crippen LogP contribution in [0.1, 0.15) is 83.6 Å². The van der Waals surface area contributed by atoms with Crippen molar-refractivity contribution in [2.75, 3.05) is 51.7 Å². The molecular formula is C35H44F2N8O3. The fourth-order valence-electron chi connectivity index (χ4n) is 7.95. The van der Waals surface area contributed by atoms with E-state index in [1.54, 1.807) is 17.0 Å². The van der Waals surface area contributed by atoms with Crippen molar-refractivity contribution >= 4 is 23.3 Å². The van der Waals surface area contributed by atoms with Gasteiger partial charge in [-0.1, -0.05) is 37.5 Å². The Balaban J connectivity index is 1.18. The number of nitrogens with two attached hydrogens (primary N) is 1. The predicted octanol–water partition coefficient (Wildman–Crippen LogP) is 3.66. The Labute approximate surface area is 278 Å². The van der Waals surface area contributed by atoms with Gasteiger partial charge in [0, 0.05) is 43.2 Å². The lowest BCUT2D eigenvalue weighted by atomic mass is 9.69. The lowest BCUT2D eigenvalue weighted by Crippen LogP contribution is -2.66. The summed E-state index contributed by atoms with van der Waals surface area (Å²) >= 11 is 0. The van der Waals surface area contributed by atoms with Gasteiger partial charge in [0.2, 0.25) is 0 Å². The second-order valence-corrected chi connectivity index (χ2v) is 13.6. The van der Waals surface area contributed by atoms with Gasteiger partial charge in [-0.2, -0.15) is 0 Å². The number of nitrogen functional groups attached to an aromatic ring is 1. The zero-order valence-electron chi connectivity index (χ0n) is 27.2. The zero-order valence-corrected chi connectivity index (χ0v) is 27.2.